The summed E-state index contributed by atoms with van der Waals surface area (Å²) < 4.78 is 2.03. The van der Waals surface area contributed by atoms with Crippen molar-refractivity contribution in [1.82, 2.24) is 19.6 Å². The van der Waals surface area contributed by atoms with Crippen molar-refractivity contribution in [2.24, 2.45) is 5.92 Å². The van der Waals surface area contributed by atoms with Gasteiger partial charge in [-0.05, 0) is 44.7 Å². The normalized spacial score (nSPS) is 20.7. The third-order valence-corrected chi connectivity index (χ3v) is 6.90. The van der Waals surface area contributed by atoms with Crippen LogP contribution in [0.2, 0.25) is 0 Å². The van der Waals surface area contributed by atoms with E-state index >= 15 is 0 Å². The third kappa shape index (κ3) is 2.83. The molecular formula is C25H23N5O3. The smallest absolute Gasteiger partial charge is 0.323 e. The number of imide groups is 1. The van der Waals surface area contributed by atoms with Crippen molar-refractivity contribution in [3.8, 4) is 0 Å². The van der Waals surface area contributed by atoms with Crippen molar-refractivity contribution < 1.29 is 14.4 Å². The molecule has 1 saturated heterocycles. The van der Waals surface area contributed by atoms with Gasteiger partial charge in [0.05, 0.1) is 22.2 Å². The van der Waals surface area contributed by atoms with Crippen LogP contribution in [0.5, 0.6) is 0 Å². The van der Waals surface area contributed by atoms with Crippen LogP contribution >= 0.6 is 0 Å². The molecule has 0 bridgehead atoms. The molecule has 2 fully saturated rings. The van der Waals surface area contributed by atoms with Gasteiger partial charge in [-0.2, -0.15) is 0 Å². The van der Waals surface area contributed by atoms with Gasteiger partial charge in [0, 0.05) is 10.8 Å². The average molecular weight is 441 g/mol. The van der Waals surface area contributed by atoms with Crippen LogP contribution < -0.4 is 10.6 Å². The highest BCUT2D eigenvalue weighted by Gasteiger charge is 2.56. The molecule has 33 heavy (non-hydrogen) atoms. The van der Waals surface area contributed by atoms with Gasteiger partial charge < -0.3 is 10.6 Å². The minimum Gasteiger partial charge on any atom is -0.323 e. The summed E-state index contributed by atoms with van der Waals surface area (Å²) in [4.78, 5) is 44.4. The lowest BCUT2D eigenvalue weighted by Gasteiger charge is -2.20. The number of urea groups is 1. The number of aromatic nitrogens is 2. The quantitative estimate of drug-likeness (QED) is 0.473. The van der Waals surface area contributed by atoms with E-state index in [4.69, 9.17) is 4.98 Å². The van der Waals surface area contributed by atoms with E-state index in [1.54, 1.807) is 6.92 Å². The summed E-state index contributed by atoms with van der Waals surface area (Å²) in [6.07, 6.45) is 1.82. The van der Waals surface area contributed by atoms with Crippen LogP contribution in [0.25, 0.3) is 27.3 Å². The number of carbonyl (C=O) groups is 3. The van der Waals surface area contributed by atoms with Crippen molar-refractivity contribution in [3.05, 3.63) is 54.4 Å². The number of rotatable bonds is 4. The van der Waals surface area contributed by atoms with Gasteiger partial charge in [0.25, 0.3) is 5.91 Å². The number of fused-ring (bicyclic) bond motifs is 5. The number of carbonyl (C=O) groups excluding carboxylic acids is 3. The molecule has 2 aliphatic rings. The number of hydrogen-bond acceptors (Lipinski definition) is 4. The second kappa shape index (κ2) is 6.78. The molecule has 3 heterocycles. The molecule has 1 aliphatic heterocycles. The number of aryl methyl sites for hydroxylation is 1. The predicted octanol–water partition coefficient (Wildman–Crippen LogP) is 3.61. The molecule has 1 atom stereocenters. The molecule has 4 aromatic rings. The molecule has 6 rings (SSSR count). The number of nitrogens with zero attached hydrogens (tertiary/aromatic N) is 3. The van der Waals surface area contributed by atoms with Gasteiger partial charge in [0.15, 0.2) is 0 Å². The molecule has 2 N–H and O–H groups in total. The van der Waals surface area contributed by atoms with Crippen LogP contribution in [0, 0.1) is 12.8 Å². The molecule has 0 radical (unpaired) electrons. The molecule has 4 amide bonds. The number of benzene rings is 2. The zero-order valence-corrected chi connectivity index (χ0v) is 18.4. The Balaban J connectivity index is 1.42. The molecular weight excluding hydrogens is 418 g/mol. The van der Waals surface area contributed by atoms with Gasteiger partial charge in [0.1, 0.15) is 17.9 Å². The van der Waals surface area contributed by atoms with Gasteiger partial charge in [-0.1, -0.05) is 36.4 Å². The van der Waals surface area contributed by atoms with Crippen molar-refractivity contribution in [1.29, 1.82) is 0 Å². The molecule has 2 aromatic heterocycles. The first kappa shape index (κ1) is 19.7. The highest BCUT2D eigenvalue weighted by atomic mass is 16.2. The van der Waals surface area contributed by atoms with Gasteiger partial charge in [-0.3, -0.25) is 18.9 Å². The lowest BCUT2D eigenvalue weighted by atomic mass is 9.96. The maximum atomic E-state index is 13.2. The Morgan fingerprint density at radius 1 is 1.12 bits per heavy atom. The van der Waals surface area contributed by atoms with E-state index in [-0.39, 0.29) is 18.4 Å². The summed E-state index contributed by atoms with van der Waals surface area (Å²) in [7, 11) is 0. The Morgan fingerprint density at radius 2 is 1.82 bits per heavy atom. The maximum Gasteiger partial charge on any atom is 0.325 e. The minimum atomic E-state index is -0.911. The summed E-state index contributed by atoms with van der Waals surface area (Å²) in [6, 6.07) is 15.1. The van der Waals surface area contributed by atoms with E-state index in [2.05, 4.69) is 10.6 Å². The predicted molar refractivity (Wildman–Crippen MR) is 125 cm³/mol. The summed E-state index contributed by atoms with van der Waals surface area (Å²) in [5.41, 5.74) is 2.33. The zero-order chi connectivity index (χ0) is 22.9. The highest BCUT2D eigenvalue weighted by molar-refractivity contribution is 6.17. The van der Waals surface area contributed by atoms with Crippen LogP contribution in [0.3, 0.4) is 0 Å². The Kier molecular flexibility index (Phi) is 4.05. The monoisotopic (exact) mass is 441 g/mol. The van der Waals surface area contributed by atoms with E-state index in [1.807, 2.05) is 59.9 Å². The van der Waals surface area contributed by atoms with Crippen molar-refractivity contribution in [2.45, 2.75) is 32.2 Å². The van der Waals surface area contributed by atoms with E-state index in [0.29, 0.717) is 5.69 Å². The van der Waals surface area contributed by atoms with Gasteiger partial charge >= 0.3 is 6.03 Å². The van der Waals surface area contributed by atoms with Crippen LogP contribution in [-0.4, -0.2) is 44.2 Å². The number of anilines is 1. The van der Waals surface area contributed by atoms with Crippen LogP contribution in [0.4, 0.5) is 10.5 Å². The Labute approximate surface area is 189 Å². The fourth-order valence-corrected chi connectivity index (χ4v) is 5.07. The molecule has 8 heteroatoms. The van der Waals surface area contributed by atoms with Gasteiger partial charge in [-0.15, -0.1) is 0 Å². The first-order valence-electron chi connectivity index (χ1n) is 11.1. The Bertz CT molecular complexity index is 1500. The molecule has 1 aliphatic carbocycles. The SMILES string of the molecule is Cc1nc2ccccc2c2c(NC(=O)CN3C(=O)NC(C)(C4CC4)C3=O)c3ccccc3n12. The summed E-state index contributed by atoms with van der Waals surface area (Å²) >= 11 is 0. The summed E-state index contributed by atoms with van der Waals surface area (Å²) in [5, 5.41) is 7.57. The average Bonchev–Trinajstić information content (AvgIpc) is 3.58. The fourth-order valence-electron chi connectivity index (χ4n) is 5.07. The number of amides is 4. The fraction of sp³-hybridized carbons (Fsp3) is 0.280. The first-order valence-corrected chi connectivity index (χ1v) is 11.1. The zero-order valence-electron chi connectivity index (χ0n) is 18.4. The Hall–Kier alpha value is -3.94. The lowest BCUT2D eigenvalue weighted by molar-refractivity contribution is -0.134. The van der Waals surface area contributed by atoms with Crippen LogP contribution in [-0.2, 0) is 9.59 Å². The first-order chi connectivity index (χ1) is 15.9. The summed E-state index contributed by atoms with van der Waals surface area (Å²) in [6.45, 7) is 3.35. The molecule has 1 unspecified atom stereocenters. The van der Waals surface area contributed by atoms with Crippen LogP contribution in [0.1, 0.15) is 25.6 Å². The van der Waals surface area contributed by atoms with Crippen molar-refractivity contribution in [3.63, 3.8) is 0 Å². The largest absolute Gasteiger partial charge is 0.325 e. The topological polar surface area (TPSA) is 95.8 Å². The lowest BCUT2D eigenvalue weighted by Crippen LogP contribution is -2.46. The standard InChI is InChI=1S/C25H23N5O3/c1-14-26-18-9-5-3-7-16(18)22-21(17-8-4-6-10-19(17)30(14)22)27-20(31)13-29-23(32)25(2,15-11-12-15)28-24(29)33/h3-10,15H,11-13H2,1-2H3,(H,27,31)(H,28,33). The molecule has 166 valence electrons. The minimum absolute atomic E-state index is 0.142. The number of para-hydroxylation sites is 2. The third-order valence-electron chi connectivity index (χ3n) is 6.90. The van der Waals surface area contributed by atoms with E-state index in [9.17, 15) is 14.4 Å². The van der Waals surface area contributed by atoms with Gasteiger partial charge in [0.2, 0.25) is 5.91 Å². The molecule has 1 saturated carbocycles. The maximum absolute atomic E-state index is 13.2. The van der Waals surface area contributed by atoms with Crippen molar-refractivity contribution in [2.75, 3.05) is 11.9 Å². The van der Waals surface area contributed by atoms with Crippen LogP contribution in [0.15, 0.2) is 48.5 Å². The highest BCUT2D eigenvalue weighted by Crippen LogP contribution is 2.42. The molecule has 8 nitrogen and oxygen atoms in total. The molecule has 0 spiro atoms. The second-order valence-corrected chi connectivity index (χ2v) is 9.10. The second-order valence-electron chi connectivity index (χ2n) is 9.10. The van der Waals surface area contributed by atoms with Gasteiger partial charge in [-0.25, -0.2) is 9.78 Å². The van der Waals surface area contributed by atoms with E-state index in [0.717, 1.165) is 50.9 Å². The van der Waals surface area contributed by atoms with E-state index in [1.165, 1.54) is 0 Å². The van der Waals surface area contributed by atoms with Crippen molar-refractivity contribution >= 4 is 50.9 Å². The van der Waals surface area contributed by atoms with E-state index < -0.39 is 17.5 Å². The number of nitrogens with one attached hydrogen (secondary N) is 2. The molecule has 2 aromatic carbocycles. The number of hydrogen-bond donors (Lipinski definition) is 2. The summed E-state index contributed by atoms with van der Waals surface area (Å²) in [5.74, 6) is 0.190. The Morgan fingerprint density at radius 3 is 2.58 bits per heavy atom.